The van der Waals surface area contributed by atoms with Gasteiger partial charge in [0.1, 0.15) is 0 Å². The smallest absolute Gasteiger partial charge is 0.411 e. The lowest BCUT2D eigenvalue weighted by Gasteiger charge is -2.22. The Kier molecular flexibility index (Phi) is 6.87. The van der Waals surface area contributed by atoms with Crippen molar-refractivity contribution in [3.8, 4) is 0 Å². The number of carbonyl (C=O) groups excluding carboxylic acids is 1. The van der Waals surface area contributed by atoms with Crippen molar-refractivity contribution in [1.82, 2.24) is 0 Å². The number of nitrogens with one attached hydrogen (secondary N) is 1. The first-order chi connectivity index (χ1) is 14.3. The molecule has 154 valence electrons. The van der Waals surface area contributed by atoms with Crippen molar-refractivity contribution in [3.63, 3.8) is 0 Å². The molecule has 0 spiro atoms. The Morgan fingerprint density at radius 1 is 0.897 bits per heavy atom. The van der Waals surface area contributed by atoms with Crippen LogP contribution in [-0.2, 0) is 24.0 Å². The third-order valence-electron chi connectivity index (χ3n) is 6.49. The fraction of sp³-hybridized carbons (Fsp3) is 0.500. The number of hydrogen-bond acceptors (Lipinski definition) is 2. The molecule has 1 N–H and O–H groups in total. The highest BCUT2D eigenvalue weighted by Crippen LogP contribution is 2.33. The molecular weight excluding hydrogens is 358 g/mol. The lowest BCUT2D eigenvalue weighted by molar-refractivity contribution is 0.159. The predicted molar refractivity (Wildman–Crippen MR) is 119 cm³/mol. The van der Waals surface area contributed by atoms with E-state index in [4.69, 9.17) is 4.74 Å². The molecule has 3 heteroatoms. The standard InChI is InChI=1S/C26H33NO2/c28-26(27-25-16-14-23(15-17-25)21-8-2-1-3-9-21)29-18-5-4-7-20-12-13-22-10-6-11-24(22)19-20/h12-17,19,21H,1-11,18H2,(H,27,28). The number of ether oxygens (including phenoxy) is 1. The van der Waals surface area contributed by atoms with E-state index < -0.39 is 0 Å². The third-order valence-corrected chi connectivity index (χ3v) is 6.49. The summed E-state index contributed by atoms with van der Waals surface area (Å²) in [6.07, 6.45) is 13.0. The van der Waals surface area contributed by atoms with Crippen LogP contribution in [0.2, 0.25) is 0 Å². The van der Waals surface area contributed by atoms with Crippen molar-refractivity contribution in [2.75, 3.05) is 11.9 Å². The summed E-state index contributed by atoms with van der Waals surface area (Å²) in [6, 6.07) is 15.2. The zero-order valence-electron chi connectivity index (χ0n) is 17.4. The van der Waals surface area contributed by atoms with Gasteiger partial charge in [-0.3, -0.25) is 5.32 Å². The Hall–Kier alpha value is -2.29. The van der Waals surface area contributed by atoms with E-state index >= 15 is 0 Å². The van der Waals surface area contributed by atoms with E-state index in [1.807, 2.05) is 12.1 Å². The van der Waals surface area contributed by atoms with Crippen LogP contribution in [0, 0.1) is 0 Å². The molecule has 1 saturated carbocycles. The number of fused-ring (bicyclic) bond motifs is 1. The second-order valence-electron chi connectivity index (χ2n) is 8.63. The van der Waals surface area contributed by atoms with Gasteiger partial charge in [0, 0.05) is 5.69 Å². The maximum Gasteiger partial charge on any atom is 0.411 e. The van der Waals surface area contributed by atoms with Crippen LogP contribution in [0.3, 0.4) is 0 Å². The zero-order chi connectivity index (χ0) is 19.9. The summed E-state index contributed by atoms with van der Waals surface area (Å²) in [4.78, 5) is 12.0. The van der Waals surface area contributed by atoms with Crippen LogP contribution < -0.4 is 5.32 Å². The summed E-state index contributed by atoms with van der Waals surface area (Å²) in [6.45, 7) is 0.469. The van der Waals surface area contributed by atoms with Gasteiger partial charge in [-0.1, -0.05) is 49.6 Å². The molecule has 2 aromatic rings. The molecule has 2 aromatic carbocycles. The average Bonchev–Trinajstić information content (AvgIpc) is 3.23. The maximum absolute atomic E-state index is 12.0. The number of rotatable bonds is 7. The Bertz CT molecular complexity index is 806. The molecule has 0 atom stereocenters. The minimum atomic E-state index is -0.354. The molecule has 0 radical (unpaired) electrons. The Morgan fingerprint density at radius 3 is 2.52 bits per heavy atom. The van der Waals surface area contributed by atoms with Crippen molar-refractivity contribution < 1.29 is 9.53 Å². The molecule has 0 heterocycles. The van der Waals surface area contributed by atoms with Crippen LogP contribution in [0.5, 0.6) is 0 Å². The maximum atomic E-state index is 12.0. The summed E-state index contributed by atoms with van der Waals surface area (Å²) in [5.41, 5.74) is 6.68. The molecule has 0 bridgehead atoms. The molecule has 29 heavy (non-hydrogen) atoms. The van der Waals surface area contributed by atoms with E-state index in [2.05, 4.69) is 35.6 Å². The van der Waals surface area contributed by atoms with Crippen molar-refractivity contribution in [1.29, 1.82) is 0 Å². The lowest BCUT2D eigenvalue weighted by atomic mass is 9.84. The van der Waals surface area contributed by atoms with Gasteiger partial charge in [0.15, 0.2) is 0 Å². The number of carbonyl (C=O) groups is 1. The van der Waals surface area contributed by atoms with Crippen molar-refractivity contribution in [2.45, 2.75) is 76.5 Å². The van der Waals surface area contributed by atoms with Gasteiger partial charge in [-0.2, -0.15) is 0 Å². The molecule has 4 rings (SSSR count). The highest BCUT2D eigenvalue weighted by atomic mass is 16.5. The topological polar surface area (TPSA) is 38.3 Å². The van der Waals surface area contributed by atoms with Gasteiger partial charge >= 0.3 is 6.09 Å². The van der Waals surface area contributed by atoms with Crippen LogP contribution in [0.15, 0.2) is 42.5 Å². The molecule has 0 aromatic heterocycles. The van der Waals surface area contributed by atoms with Gasteiger partial charge in [0.05, 0.1) is 6.61 Å². The Balaban J connectivity index is 1.14. The zero-order valence-corrected chi connectivity index (χ0v) is 17.4. The predicted octanol–water partition coefficient (Wildman–Crippen LogP) is 6.79. The van der Waals surface area contributed by atoms with Gasteiger partial charge in [-0.15, -0.1) is 0 Å². The SMILES string of the molecule is O=C(Nc1ccc(C2CCCCC2)cc1)OCCCCc1ccc2c(c1)CCC2. The molecule has 1 amide bonds. The Labute approximate surface area is 174 Å². The first-order valence-electron chi connectivity index (χ1n) is 11.4. The first kappa shape index (κ1) is 20.0. The number of aryl methyl sites for hydroxylation is 3. The number of benzene rings is 2. The number of amides is 1. The number of anilines is 1. The van der Waals surface area contributed by atoms with Gasteiger partial charge in [0.2, 0.25) is 0 Å². The molecule has 1 fully saturated rings. The monoisotopic (exact) mass is 391 g/mol. The highest BCUT2D eigenvalue weighted by Gasteiger charge is 2.15. The van der Waals surface area contributed by atoms with Crippen LogP contribution in [0.1, 0.15) is 79.5 Å². The number of hydrogen-bond donors (Lipinski definition) is 1. The second-order valence-corrected chi connectivity index (χ2v) is 8.63. The third kappa shape index (κ3) is 5.62. The molecule has 3 nitrogen and oxygen atoms in total. The highest BCUT2D eigenvalue weighted by molar-refractivity contribution is 5.84. The van der Waals surface area contributed by atoms with Gasteiger partial charge in [-0.25, -0.2) is 4.79 Å². The first-order valence-corrected chi connectivity index (χ1v) is 11.4. The van der Waals surface area contributed by atoms with Crippen LogP contribution in [0.25, 0.3) is 0 Å². The molecular formula is C26H33NO2. The fourth-order valence-electron chi connectivity index (χ4n) is 4.81. The Morgan fingerprint density at radius 2 is 1.69 bits per heavy atom. The van der Waals surface area contributed by atoms with Crippen LogP contribution in [0.4, 0.5) is 10.5 Å². The van der Waals surface area contributed by atoms with Crippen LogP contribution >= 0.6 is 0 Å². The molecule has 2 aliphatic carbocycles. The summed E-state index contributed by atoms with van der Waals surface area (Å²) in [7, 11) is 0. The lowest BCUT2D eigenvalue weighted by Crippen LogP contribution is -2.14. The van der Waals surface area contributed by atoms with Crippen molar-refractivity contribution in [3.05, 3.63) is 64.7 Å². The fourth-order valence-corrected chi connectivity index (χ4v) is 4.81. The largest absolute Gasteiger partial charge is 0.449 e. The molecule has 2 aliphatic rings. The average molecular weight is 392 g/mol. The van der Waals surface area contributed by atoms with Crippen LogP contribution in [-0.4, -0.2) is 12.7 Å². The molecule has 0 unspecified atom stereocenters. The molecule has 0 aliphatic heterocycles. The van der Waals surface area contributed by atoms with Gasteiger partial charge in [-0.05, 0) is 91.7 Å². The minimum Gasteiger partial charge on any atom is -0.449 e. The second kappa shape index (κ2) is 9.96. The summed E-state index contributed by atoms with van der Waals surface area (Å²) < 4.78 is 5.35. The van der Waals surface area contributed by atoms with E-state index in [-0.39, 0.29) is 6.09 Å². The summed E-state index contributed by atoms with van der Waals surface area (Å²) in [5.74, 6) is 0.690. The van der Waals surface area contributed by atoms with E-state index in [0.717, 1.165) is 24.9 Å². The normalized spacial score (nSPS) is 16.4. The summed E-state index contributed by atoms with van der Waals surface area (Å²) in [5, 5.41) is 2.85. The van der Waals surface area contributed by atoms with Crippen molar-refractivity contribution >= 4 is 11.8 Å². The number of unbranched alkanes of at least 4 members (excludes halogenated alkanes) is 1. The molecule has 0 saturated heterocycles. The summed E-state index contributed by atoms with van der Waals surface area (Å²) >= 11 is 0. The van der Waals surface area contributed by atoms with E-state index in [0.29, 0.717) is 12.5 Å². The van der Waals surface area contributed by atoms with Gasteiger partial charge in [0.25, 0.3) is 0 Å². The quantitative estimate of drug-likeness (QED) is 0.527. The van der Waals surface area contributed by atoms with E-state index in [9.17, 15) is 4.79 Å². The van der Waals surface area contributed by atoms with Crippen molar-refractivity contribution in [2.24, 2.45) is 0 Å². The van der Waals surface area contributed by atoms with Gasteiger partial charge < -0.3 is 4.74 Å². The minimum absolute atomic E-state index is 0.354. The van der Waals surface area contributed by atoms with E-state index in [1.165, 1.54) is 73.6 Å². The van der Waals surface area contributed by atoms with E-state index in [1.54, 1.807) is 0 Å².